The Balaban J connectivity index is 2.09. The number of fused-ring (bicyclic) bond motifs is 1. The molecule has 0 unspecified atom stereocenters. The molecule has 4 nitrogen and oxygen atoms in total. The van der Waals surface area contributed by atoms with E-state index in [1.54, 1.807) is 17.8 Å². The second-order valence-electron chi connectivity index (χ2n) is 5.40. The zero-order chi connectivity index (χ0) is 16.4. The lowest BCUT2D eigenvalue weighted by Gasteiger charge is -2.08. The van der Waals surface area contributed by atoms with E-state index in [-0.39, 0.29) is 17.8 Å². The summed E-state index contributed by atoms with van der Waals surface area (Å²) in [5.41, 5.74) is 1.98. The van der Waals surface area contributed by atoms with E-state index < -0.39 is 0 Å². The number of aromatic nitrogens is 2. The first kappa shape index (κ1) is 15.6. The lowest BCUT2D eigenvalue weighted by atomic mass is 10.1. The van der Waals surface area contributed by atoms with E-state index in [0.29, 0.717) is 10.9 Å². The molecule has 0 atom stereocenters. The SMILES string of the molecule is CCc1ccc2[nH]c(=O)n(Cc3ccc(SC)cc3)c(=O)c2c1. The van der Waals surface area contributed by atoms with Gasteiger partial charge in [0, 0.05) is 4.90 Å². The van der Waals surface area contributed by atoms with Crippen molar-refractivity contribution >= 4 is 22.7 Å². The van der Waals surface area contributed by atoms with Gasteiger partial charge in [-0.15, -0.1) is 11.8 Å². The summed E-state index contributed by atoms with van der Waals surface area (Å²) in [5.74, 6) is 0. The van der Waals surface area contributed by atoms with Crippen LogP contribution >= 0.6 is 11.8 Å². The molecule has 0 saturated heterocycles. The van der Waals surface area contributed by atoms with Crippen molar-refractivity contribution in [3.05, 3.63) is 74.4 Å². The number of H-pyrrole nitrogens is 1. The van der Waals surface area contributed by atoms with Gasteiger partial charge in [0.15, 0.2) is 0 Å². The maximum atomic E-state index is 12.7. The van der Waals surface area contributed by atoms with Crippen molar-refractivity contribution in [2.45, 2.75) is 24.8 Å². The Morgan fingerprint density at radius 3 is 2.39 bits per heavy atom. The average Bonchev–Trinajstić information content (AvgIpc) is 2.59. The summed E-state index contributed by atoms with van der Waals surface area (Å²) in [7, 11) is 0. The summed E-state index contributed by atoms with van der Waals surface area (Å²) in [6, 6.07) is 13.5. The third-order valence-electron chi connectivity index (χ3n) is 3.95. The summed E-state index contributed by atoms with van der Waals surface area (Å²) in [5, 5.41) is 0.560. The van der Waals surface area contributed by atoms with Crippen molar-refractivity contribution in [2.75, 3.05) is 6.26 Å². The molecule has 1 heterocycles. The summed E-state index contributed by atoms with van der Waals surface area (Å²) < 4.78 is 1.26. The molecule has 5 heteroatoms. The topological polar surface area (TPSA) is 54.9 Å². The van der Waals surface area contributed by atoms with Gasteiger partial charge in [0.05, 0.1) is 17.4 Å². The van der Waals surface area contributed by atoms with Crippen LogP contribution in [0.4, 0.5) is 0 Å². The van der Waals surface area contributed by atoms with E-state index in [1.807, 2.05) is 49.6 Å². The fourth-order valence-corrected chi connectivity index (χ4v) is 2.98. The molecule has 0 amide bonds. The van der Waals surface area contributed by atoms with Gasteiger partial charge in [-0.05, 0) is 48.1 Å². The molecule has 0 radical (unpaired) electrons. The minimum Gasteiger partial charge on any atom is -0.307 e. The summed E-state index contributed by atoms with van der Waals surface area (Å²) in [6.45, 7) is 2.31. The molecule has 3 aromatic rings. The molecule has 2 aromatic carbocycles. The summed E-state index contributed by atoms with van der Waals surface area (Å²) >= 11 is 1.66. The van der Waals surface area contributed by atoms with Crippen molar-refractivity contribution < 1.29 is 0 Å². The van der Waals surface area contributed by atoms with E-state index in [1.165, 1.54) is 4.57 Å². The Hall–Kier alpha value is -2.27. The van der Waals surface area contributed by atoms with Gasteiger partial charge in [-0.3, -0.25) is 9.36 Å². The van der Waals surface area contributed by atoms with E-state index in [9.17, 15) is 9.59 Å². The van der Waals surface area contributed by atoms with Crippen molar-refractivity contribution in [1.29, 1.82) is 0 Å². The average molecular weight is 326 g/mol. The van der Waals surface area contributed by atoms with Crippen LogP contribution in [0.1, 0.15) is 18.1 Å². The highest BCUT2D eigenvalue weighted by Gasteiger charge is 2.09. The Morgan fingerprint density at radius 2 is 1.74 bits per heavy atom. The number of hydrogen-bond acceptors (Lipinski definition) is 3. The Kier molecular flexibility index (Phi) is 4.39. The molecule has 3 rings (SSSR count). The van der Waals surface area contributed by atoms with Gasteiger partial charge in [-0.2, -0.15) is 0 Å². The highest BCUT2D eigenvalue weighted by Crippen LogP contribution is 2.15. The van der Waals surface area contributed by atoms with E-state index in [4.69, 9.17) is 0 Å². The molecule has 1 N–H and O–H groups in total. The lowest BCUT2D eigenvalue weighted by molar-refractivity contribution is 0.711. The smallest absolute Gasteiger partial charge is 0.307 e. The minimum absolute atomic E-state index is 0.243. The largest absolute Gasteiger partial charge is 0.329 e. The molecule has 23 heavy (non-hydrogen) atoms. The van der Waals surface area contributed by atoms with Gasteiger partial charge in [0.25, 0.3) is 5.56 Å². The summed E-state index contributed by atoms with van der Waals surface area (Å²) in [4.78, 5) is 28.9. The van der Waals surface area contributed by atoms with Crippen molar-refractivity contribution in [2.24, 2.45) is 0 Å². The van der Waals surface area contributed by atoms with Crippen LogP contribution < -0.4 is 11.2 Å². The quantitative estimate of drug-likeness (QED) is 0.750. The highest BCUT2D eigenvalue weighted by atomic mass is 32.2. The summed E-state index contributed by atoms with van der Waals surface area (Å²) in [6.07, 6.45) is 2.86. The Bertz CT molecular complexity index is 955. The van der Waals surface area contributed by atoms with Crippen LogP contribution in [0.2, 0.25) is 0 Å². The monoisotopic (exact) mass is 326 g/mol. The normalized spacial score (nSPS) is 11.0. The van der Waals surface area contributed by atoms with Gasteiger partial charge in [-0.1, -0.05) is 25.1 Å². The minimum atomic E-state index is -0.374. The second kappa shape index (κ2) is 6.46. The molecule has 0 fully saturated rings. The van der Waals surface area contributed by atoms with Gasteiger partial charge in [-0.25, -0.2) is 4.79 Å². The molecule has 118 valence electrons. The number of thioether (sulfide) groups is 1. The van der Waals surface area contributed by atoms with Gasteiger partial charge in [0.2, 0.25) is 0 Å². The first-order chi connectivity index (χ1) is 11.1. The van der Waals surface area contributed by atoms with E-state index >= 15 is 0 Å². The van der Waals surface area contributed by atoms with E-state index in [0.717, 1.165) is 22.4 Å². The molecule has 0 spiro atoms. The predicted molar refractivity (Wildman–Crippen MR) is 95.5 cm³/mol. The fraction of sp³-hybridized carbons (Fsp3) is 0.222. The number of aryl methyl sites for hydroxylation is 1. The first-order valence-corrected chi connectivity index (χ1v) is 8.73. The first-order valence-electron chi connectivity index (χ1n) is 7.51. The maximum Gasteiger partial charge on any atom is 0.329 e. The third-order valence-corrected chi connectivity index (χ3v) is 4.70. The molecular formula is C18H18N2O2S. The molecule has 0 aliphatic rings. The fourth-order valence-electron chi connectivity index (χ4n) is 2.57. The van der Waals surface area contributed by atoms with Crippen LogP contribution in [-0.2, 0) is 13.0 Å². The van der Waals surface area contributed by atoms with Crippen LogP contribution in [0, 0.1) is 0 Å². The Labute approximate surface area is 138 Å². The molecule has 0 aliphatic heterocycles. The Morgan fingerprint density at radius 1 is 1.04 bits per heavy atom. The number of benzene rings is 2. The third kappa shape index (κ3) is 3.10. The molecule has 1 aromatic heterocycles. The second-order valence-corrected chi connectivity index (χ2v) is 6.28. The van der Waals surface area contributed by atoms with Gasteiger partial charge >= 0.3 is 5.69 Å². The number of nitrogens with one attached hydrogen (secondary N) is 1. The highest BCUT2D eigenvalue weighted by molar-refractivity contribution is 7.98. The molecule has 0 aliphatic carbocycles. The predicted octanol–water partition coefficient (Wildman–Crippen LogP) is 3.02. The van der Waals surface area contributed by atoms with Crippen molar-refractivity contribution in [1.82, 2.24) is 9.55 Å². The van der Waals surface area contributed by atoms with Crippen molar-refractivity contribution in [3.8, 4) is 0 Å². The number of hydrogen-bond donors (Lipinski definition) is 1. The standard InChI is InChI=1S/C18H18N2O2S/c1-3-12-6-9-16-15(10-12)17(21)20(18(22)19-16)11-13-4-7-14(23-2)8-5-13/h4-10H,3,11H2,1-2H3,(H,19,22). The molecule has 0 bridgehead atoms. The lowest BCUT2D eigenvalue weighted by Crippen LogP contribution is -2.35. The number of aromatic amines is 1. The molecule has 0 saturated carbocycles. The number of nitrogens with zero attached hydrogens (tertiary/aromatic N) is 1. The van der Waals surface area contributed by atoms with E-state index in [2.05, 4.69) is 4.98 Å². The van der Waals surface area contributed by atoms with Crippen molar-refractivity contribution in [3.63, 3.8) is 0 Å². The number of rotatable bonds is 4. The zero-order valence-electron chi connectivity index (χ0n) is 13.1. The van der Waals surface area contributed by atoms with Crippen LogP contribution in [0.25, 0.3) is 10.9 Å². The van der Waals surface area contributed by atoms with Crippen LogP contribution in [0.15, 0.2) is 56.9 Å². The van der Waals surface area contributed by atoms with Gasteiger partial charge < -0.3 is 4.98 Å². The van der Waals surface area contributed by atoms with Gasteiger partial charge in [0.1, 0.15) is 0 Å². The molecular weight excluding hydrogens is 308 g/mol. The van der Waals surface area contributed by atoms with Crippen LogP contribution in [-0.4, -0.2) is 15.8 Å². The maximum absolute atomic E-state index is 12.7. The zero-order valence-corrected chi connectivity index (χ0v) is 13.9. The van der Waals surface area contributed by atoms with Crippen LogP contribution in [0.3, 0.4) is 0 Å². The van der Waals surface area contributed by atoms with Crippen LogP contribution in [0.5, 0.6) is 0 Å².